The van der Waals surface area contributed by atoms with E-state index in [0.717, 1.165) is 0 Å². The normalized spacial score (nSPS) is 50.1. The molecule has 20 heavy (non-hydrogen) atoms. The van der Waals surface area contributed by atoms with E-state index < -0.39 is 55.7 Å². The lowest BCUT2D eigenvalue weighted by molar-refractivity contribution is -0.322. The molecule has 9 nitrogen and oxygen atoms in total. The Morgan fingerprint density at radius 2 is 1.80 bits per heavy atom. The van der Waals surface area contributed by atoms with Crippen molar-refractivity contribution < 1.29 is 39.7 Å². The highest BCUT2D eigenvalue weighted by Gasteiger charge is 2.45. The fourth-order valence-corrected chi connectivity index (χ4v) is 2.27. The van der Waals surface area contributed by atoms with E-state index in [0.29, 0.717) is 0 Å². The topological polar surface area (TPSA) is 155 Å². The van der Waals surface area contributed by atoms with Gasteiger partial charge in [0.15, 0.2) is 12.6 Å². The number of hydrogen-bond acceptors (Lipinski definition) is 9. The van der Waals surface area contributed by atoms with E-state index in [1.807, 2.05) is 0 Å². The molecule has 8 atom stereocenters. The maximum Gasteiger partial charge on any atom is 0.187 e. The van der Waals surface area contributed by atoms with Crippen molar-refractivity contribution in [1.29, 1.82) is 0 Å². The molecule has 0 saturated carbocycles. The fourth-order valence-electron chi connectivity index (χ4n) is 2.27. The summed E-state index contributed by atoms with van der Waals surface area (Å²) in [5.41, 5.74) is 5.80. The number of hydrogen-bond donors (Lipinski definition) is 6. The minimum atomic E-state index is -1.50. The Balaban J connectivity index is 1.97. The van der Waals surface area contributed by atoms with Gasteiger partial charge in [-0.1, -0.05) is 0 Å². The number of nitrogens with two attached hydrogens (primary N) is 1. The van der Waals surface area contributed by atoms with Crippen LogP contribution in [0.5, 0.6) is 0 Å². The molecule has 0 aliphatic carbocycles. The van der Waals surface area contributed by atoms with Gasteiger partial charge in [0.05, 0.1) is 19.3 Å². The number of aliphatic hydroxyl groups is 5. The second kappa shape index (κ2) is 6.60. The highest BCUT2D eigenvalue weighted by molar-refractivity contribution is 4.90. The highest BCUT2D eigenvalue weighted by atomic mass is 16.7. The first-order valence-electron chi connectivity index (χ1n) is 6.45. The summed E-state index contributed by atoms with van der Waals surface area (Å²) >= 11 is 0. The van der Waals surface area contributed by atoms with Gasteiger partial charge in [-0.15, -0.1) is 0 Å². The monoisotopic (exact) mass is 295 g/mol. The largest absolute Gasteiger partial charge is 0.394 e. The van der Waals surface area contributed by atoms with Crippen LogP contribution in [0.2, 0.25) is 0 Å². The van der Waals surface area contributed by atoms with Crippen molar-refractivity contribution in [3.8, 4) is 0 Å². The molecule has 0 spiro atoms. The zero-order valence-electron chi connectivity index (χ0n) is 10.8. The molecule has 7 N–H and O–H groups in total. The minimum absolute atomic E-state index is 0.0113. The Morgan fingerprint density at radius 3 is 2.40 bits per heavy atom. The second-order valence-electron chi connectivity index (χ2n) is 5.06. The van der Waals surface area contributed by atoms with Gasteiger partial charge in [-0.2, -0.15) is 0 Å². The van der Waals surface area contributed by atoms with E-state index in [2.05, 4.69) is 0 Å². The van der Waals surface area contributed by atoms with Crippen LogP contribution in [0, 0.1) is 0 Å². The lowest BCUT2D eigenvalue weighted by Gasteiger charge is -2.42. The van der Waals surface area contributed by atoms with Crippen LogP contribution in [0.25, 0.3) is 0 Å². The van der Waals surface area contributed by atoms with Crippen molar-refractivity contribution in [1.82, 2.24) is 0 Å². The van der Waals surface area contributed by atoms with Gasteiger partial charge in [0.25, 0.3) is 0 Å². The summed E-state index contributed by atoms with van der Waals surface area (Å²) in [5, 5.41) is 47.4. The van der Waals surface area contributed by atoms with Gasteiger partial charge in [-0.25, -0.2) is 0 Å². The van der Waals surface area contributed by atoms with Crippen LogP contribution < -0.4 is 5.73 Å². The van der Waals surface area contributed by atoms with E-state index in [-0.39, 0.29) is 13.0 Å². The average Bonchev–Trinajstić information content (AvgIpc) is 2.42. The maximum absolute atomic E-state index is 9.82. The zero-order valence-corrected chi connectivity index (χ0v) is 10.8. The lowest BCUT2D eigenvalue weighted by atomic mass is 9.99. The highest BCUT2D eigenvalue weighted by Crippen LogP contribution is 2.25. The Labute approximate surface area is 115 Å². The molecule has 9 heteroatoms. The van der Waals surface area contributed by atoms with Gasteiger partial charge >= 0.3 is 0 Å². The fraction of sp³-hybridized carbons (Fsp3) is 1.00. The lowest BCUT2D eigenvalue weighted by Crippen LogP contribution is -2.61. The molecule has 0 bridgehead atoms. The molecule has 0 aromatic heterocycles. The molecule has 2 aliphatic heterocycles. The minimum Gasteiger partial charge on any atom is -0.394 e. The Morgan fingerprint density at radius 1 is 1.10 bits per heavy atom. The first-order chi connectivity index (χ1) is 9.43. The van der Waals surface area contributed by atoms with Crippen molar-refractivity contribution in [3.05, 3.63) is 0 Å². The van der Waals surface area contributed by atoms with Gasteiger partial charge in [0.2, 0.25) is 0 Å². The third-order valence-corrected chi connectivity index (χ3v) is 3.56. The third kappa shape index (κ3) is 3.27. The van der Waals surface area contributed by atoms with Crippen molar-refractivity contribution >= 4 is 0 Å². The van der Waals surface area contributed by atoms with Crippen molar-refractivity contribution in [3.63, 3.8) is 0 Å². The smallest absolute Gasteiger partial charge is 0.187 e. The van der Waals surface area contributed by atoms with Gasteiger partial charge < -0.3 is 45.5 Å². The molecule has 2 heterocycles. The number of rotatable bonds is 3. The molecule has 0 aromatic carbocycles. The van der Waals surface area contributed by atoms with Crippen LogP contribution in [0.4, 0.5) is 0 Å². The SMILES string of the molecule is NC1CC(O)OCC1OC1OC(CO)C(O)C(O)C1O. The Bertz CT molecular complexity index is 317. The summed E-state index contributed by atoms with van der Waals surface area (Å²) in [5.74, 6) is 0. The van der Waals surface area contributed by atoms with Gasteiger partial charge in [0, 0.05) is 12.5 Å². The molecule has 0 aromatic rings. The van der Waals surface area contributed by atoms with Gasteiger partial charge in [-0.3, -0.25) is 0 Å². The van der Waals surface area contributed by atoms with Crippen LogP contribution in [0.15, 0.2) is 0 Å². The summed E-state index contributed by atoms with van der Waals surface area (Å²) < 4.78 is 15.6. The van der Waals surface area contributed by atoms with Crippen LogP contribution in [-0.4, -0.2) is 87.9 Å². The standard InChI is InChI=1S/C11H21NO8/c12-4-1-7(14)18-3-6(4)20-11-10(17)9(16)8(15)5(2-13)19-11/h4-11,13-17H,1-3,12H2. The number of ether oxygens (including phenoxy) is 3. The summed E-state index contributed by atoms with van der Waals surface area (Å²) in [6.07, 6.45) is -8.14. The molecular formula is C11H21NO8. The molecule has 2 aliphatic rings. The average molecular weight is 295 g/mol. The third-order valence-electron chi connectivity index (χ3n) is 3.56. The molecule has 2 rings (SSSR count). The first-order valence-corrected chi connectivity index (χ1v) is 6.45. The Hall–Kier alpha value is -0.360. The molecule has 0 radical (unpaired) electrons. The van der Waals surface area contributed by atoms with Crippen LogP contribution in [-0.2, 0) is 14.2 Å². The summed E-state index contributed by atoms with van der Waals surface area (Å²) in [7, 11) is 0. The van der Waals surface area contributed by atoms with E-state index >= 15 is 0 Å². The molecule has 2 saturated heterocycles. The number of aliphatic hydroxyl groups excluding tert-OH is 5. The van der Waals surface area contributed by atoms with E-state index in [4.69, 9.17) is 25.1 Å². The van der Waals surface area contributed by atoms with E-state index in [1.165, 1.54) is 0 Å². The molecule has 118 valence electrons. The maximum atomic E-state index is 9.82. The van der Waals surface area contributed by atoms with E-state index in [1.54, 1.807) is 0 Å². The van der Waals surface area contributed by atoms with Crippen LogP contribution in [0.3, 0.4) is 0 Å². The van der Waals surface area contributed by atoms with Crippen molar-refractivity contribution in [2.45, 2.75) is 55.6 Å². The summed E-state index contributed by atoms with van der Waals surface area (Å²) in [6, 6.07) is -0.522. The Kier molecular flexibility index (Phi) is 5.29. The zero-order chi connectivity index (χ0) is 14.9. The van der Waals surface area contributed by atoms with Gasteiger partial charge in [-0.05, 0) is 0 Å². The first kappa shape index (κ1) is 16.0. The van der Waals surface area contributed by atoms with Gasteiger partial charge in [0.1, 0.15) is 24.4 Å². The molecule has 0 amide bonds. The second-order valence-corrected chi connectivity index (χ2v) is 5.06. The van der Waals surface area contributed by atoms with Crippen LogP contribution in [0.1, 0.15) is 6.42 Å². The van der Waals surface area contributed by atoms with Crippen molar-refractivity contribution in [2.75, 3.05) is 13.2 Å². The van der Waals surface area contributed by atoms with E-state index in [9.17, 15) is 20.4 Å². The van der Waals surface area contributed by atoms with Crippen LogP contribution >= 0.6 is 0 Å². The summed E-state index contributed by atoms with van der Waals surface area (Å²) in [6.45, 7) is -0.520. The summed E-state index contributed by atoms with van der Waals surface area (Å²) in [4.78, 5) is 0. The molecule has 2 fully saturated rings. The predicted octanol–water partition coefficient (Wildman–Crippen LogP) is -3.76. The predicted molar refractivity (Wildman–Crippen MR) is 63.2 cm³/mol. The molecule has 8 unspecified atom stereocenters. The van der Waals surface area contributed by atoms with Crippen molar-refractivity contribution in [2.24, 2.45) is 5.73 Å². The molecular weight excluding hydrogens is 274 g/mol. The quantitative estimate of drug-likeness (QED) is 0.308.